The Morgan fingerprint density at radius 2 is 1.74 bits per heavy atom. The Bertz CT molecular complexity index is 726. The molecule has 0 aliphatic carbocycles. The molecule has 0 aromatic heterocycles. The Morgan fingerprint density at radius 1 is 1.09 bits per heavy atom. The molecule has 120 valence electrons. The zero-order valence-electron chi connectivity index (χ0n) is 13.4. The van der Waals surface area contributed by atoms with Gasteiger partial charge in [-0.25, -0.2) is 4.79 Å². The molecule has 0 fully saturated rings. The van der Waals surface area contributed by atoms with E-state index in [9.17, 15) is 4.79 Å². The van der Waals surface area contributed by atoms with Gasteiger partial charge in [-0.3, -0.25) is 0 Å². The molecule has 23 heavy (non-hydrogen) atoms. The fourth-order valence-electron chi connectivity index (χ4n) is 1.97. The van der Waals surface area contributed by atoms with Crippen LogP contribution in [0, 0.1) is 13.8 Å². The SMILES string of the molecule is Cc1cccc(O[C@H](C)C(=O)O/N=C(/N)c2cccc(C)c2)c1. The third-order valence-corrected chi connectivity index (χ3v) is 3.18. The van der Waals surface area contributed by atoms with Crippen LogP contribution in [0.25, 0.3) is 0 Å². The Balaban J connectivity index is 1.97. The van der Waals surface area contributed by atoms with E-state index in [1.54, 1.807) is 19.1 Å². The molecule has 0 saturated heterocycles. The van der Waals surface area contributed by atoms with Crippen molar-refractivity contribution in [2.75, 3.05) is 0 Å². The molecule has 5 heteroatoms. The molecule has 0 bridgehead atoms. The zero-order chi connectivity index (χ0) is 16.8. The molecule has 0 heterocycles. The number of nitrogens with two attached hydrogens (primary N) is 1. The molecule has 0 saturated carbocycles. The monoisotopic (exact) mass is 312 g/mol. The molecule has 2 N–H and O–H groups in total. The predicted octanol–water partition coefficient (Wildman–Crippen LogP) is 2.93. The molecule has 1 atom stereocenters. The summed E-state index contributed by atoms with van der Waals surface area (Å²) in [5, 5.41) is 3.68. The largest absolute Gasteiger partial charge is 0.479 e. The average Bonchev–Trinajstić information content (AvgIpc) is 2.52. The molecule has 0 unspecified atom stereocenters. The highest BCUT2D eigenvalue weighted by Gasteiger charge is 2.17. The van der Waals surface area contributed by atoms with Crippen molar-refractivity contribution in [1.82, 2.24) is 0 Å². The van der Waals surface area contributed by atoms with Crippen LogP contribution >= 0.6 is 0 Å². The van der Waals surface area contributed by atoms with Crippen molar-refractivity contribution < 1.29 is 14.4 Å². The zero-order valence-corrected chi connectivity index (χ0v) is 13.4. The van der Waals surface area contributed by atoms with Gasteiger partial charge in [-0.05, 0) is 44.5 Å². The summed E-state index contributed by atoms with van der Waals surface area (Å²) in [6.07, 6.45) is -0.786. The molecule has 0 spiro atoms. The summed E-state index contributed by atoms with van der Waals surface area (Å²) in [5.74, 6) is 0.136. The maximum atomic E-state index is 11.9. The smallest absolute Gasteiger partial charge is 0.374 e. The van der Waals surface area contributed by atoms with Crippen LogP contribution in [0.4, 0.5) is 0 Å². The van der Waals surface area contributed by atoms with Crippen molar-refractivity contribution >= 4 is 11.8 Å². The lowest BCUT2D eigenvalue weighted by Crippen LogP contribution is -2.26. The van der Waals surface area contributed by atoms with Crippen LogP contribution in [0.15, 0.2) is 53.7 Å². The number of hydrogen-bond acceptors (Lipinski definition) is 4. The van der Waals surface area contributed by atoms with Gasteiger partial charge in [0.2, 0.25) is 0 Å². The maximum Gasteiger partial charge on any atom is 0.374 e. The maximum absolute atomic E-state index is 11.9. The van der Waals surface area contributed by atoms with E-state index in [2.05, 4.69) is 5.16 Å². The first kappa shape index (κ1) is 16.5. The number of aryl methyl sites for hydroxylation is 2. The molecular weight excluding hydrogens is 292 g/mol. The number of carbonyl (C=O) groups excluding carboxylic acids is 1. The molecule has 0 aliphatic rings. The van der Waals surface area contributed by atoms with Crippen molar-refractivity contribution in [2.24, 2.45) is 10.9 Å². The Kier molecular flexibility index (Phi) is 5.36. The lowest BCUT2D eigenvalue weighted by atomic mass is 10.1. The predicted molar refractivity (Wildman–Crippen MR) is 89.3 cm³/mol. The van der Waals surface area contributed by atoms with Gasteiger partial charge in [0.05, 0.1) is 0 Å². The van der Waals surface area contributed by atoms with E-state index < -0.39 is 12.1 Å². The van der Waals surface area contributed by atoms with Gasteiger partial charge in [0.15, 0.2) is 11.9 Å². The molecular formula is C18H20N2O3. The van der Waals surface area contributed by atoms with Gasteiger partial charge >= 0.3 is 5.97 Å². The number of rotatable bonds is 5. The first-order valence-corrected chi connectivity index (χ1v) is 7.30. The minimum Gasteiger partial charge on any atom is -0.479 e. The van der Waals surface area contributed by atoms with Gasteiger partial charge in [0.1, 0.15) is 5.75 Å². The van der Waals surface area contributed by atoms with Crippen molar-refractivity contribution in [1.29, 1.82) is 0 Å². The Labute approximate surface area is 135 Å². The molecule has 0 amide bonds. The number of carbonyl (C=O) groups is 1. The molecule has 2 rings (SSSR count). The van der Waals surface area contributed by atoms with Gasteiger partial charge in [-0.2, -0.15) is 0 Å². The highest BCUT2D eigenvalue weighted by atomic mass is 16.7. The third kappa shape index (κ3) is 4.85. The van der Waals surface area contributed by atoms with E-state index >= 15 is 0 Å². The summed E-state index contributed by atoms with van der Waals surface area (Å²) in [7, 11) is 0. The van der Waals surface area contributed by atoms with Crippen LogP contribution in [0.2, 0.25) is 0 Å². The molecule has 2 aromatic rings. The fourth-order valence-corrected chi connectivity index (χ4v) is 1.97. The van der Waals surface area contributed by atoms with Crippen LogP contribution in [-0.2, 0) is 9.63 Å². The summed E-state index contributed by atoms with van der Waals surface area (Å²) in [5.41, 5.74) is 8.61. The lowest BCUT2D eigenvalue weighted by Gasteiger charge is -2.12. The summed E-state index contributed by atoms with van der Waals surface area (Å²) in [4.78, 5) is 16.8. The number of amidine groups is 1. The number of hydrogen-bond donors (Lipinski definition) is 1. The van der Waals surface area contributed by atoms with E-state index in [1.807, 2.05) is 50.2 Å². The van der Waals surface area contributed by atoms with E-state index in [0.717, 1.165) is 11.1 Å². The van der Waals surface area contributed by atoms with Crippen LogP contribution in [0.1, 0.15) is 23.6 Å². The summed E-state index contributed by atoms with van der Waals surface area (Å²) in [6.45, 7) is 5.49. The van der Waals surface area contributed by atoms with Crippen molar-refractivity contribution in [3.05, 3.63) is 65.2 Å². The van der Waals surface area contributed by atoms with E-state index in [1.165, 1.54) is 0 Å². The summed E-state index contributed by atoms with van der Waals surface area (Å²) < 4.78 is 5.53. The Hall–Kier alpha value is -2.82. The van der Waals surface area contributed by atoms with E-state index in [4.69, 9.17) is 15.3 Å². The fraction of sp³-hybridized carbons (Fsp3) is 0.222. The summed E-state index contributed by atoms with van der Waals surface area (Å²) >= 11 is 0. The van der Waals surface area contributed by atoms with Crippen LogP contribution in [0.3, 0.4) is 0 Å². The second-order valence-electron chi connectivity index (χ2n) is 5.33. The van der Waals surface area contributed by atoms with Gasteiger partial charge in [0, 0.05) is 5.56 Å². The average molecular weight is 312 g/mol. The summed E-state index contributed by atoms with van der Waals surface area (Å²) in [6, 6.07) is 14.9. The highest BCUT2D eigenvalue weighted by Crippen LogP contribution is 2.14. The number of oxime groups is 1. The van der Waals surface area contributed by atoms with E-state index in [0.29, 0.717) is 11.3 Å². The van der Waals surface area contributed by atoms with Gasteiger partial charge in [0.25, 0.3) is 0 Å². The second-order valence-corrected chi connectivity index (χ2v) is 5.33. The van der Waals surface area contributed by atoms with Crippen LogP contribution < -0.4 is 10.5 Å². The van der Waals surface area contributed by atoms with Gasteiger partial charge in [-0.15, -0.1) is 0 Å². The molecule has 2 aromatic carbocycles. The minimum absolute atomic E-state index is 0.143. The first-order valence-electron chi connectivity index (χ1n) is 7.30. The van der Waals surface area contributed by atoms with Gasteiger partial charge < -0.3 is 15.3 Å². The quantitative estimate of drug-likeness (QED) is 0.399. The standard InChI is InChI=1S/C18H20N2O3/c1-12-6-4-8-15(10-12)17(19)20-23-18(21)14(3)22-16-9-5-7-13(2)11-16/h4-11,14H,1-3H3,(H2,19,20)/t14-/m1/s1. The molecule has 0 radical (unpaired) electrons. The Morgan fingerprint density at radius 3 is 2.39 bits per heavy atom. The van der Waals surface area contributed by atoms with Crippen LogP contribution in [0.5, 0.6) is 5.75 Å². The third-order valence-electron chi connectivity index (χ3n) is 3.18. The lowest BCUT2D eigenvalue weighted by molar-refractivity contribution is -0.151. The van der Waals surface area contributed by atoms with Crippen molar-refractivity contribution in [3.8, 4) is 5.75 Å². The minimum atomic E-state index is -0.786. The topological polar surface area (TPSA) is 73.9 Å². The second kappa shape index (κ2) is 7.45. The van der Waals surface area contributed by atoms with Crippen LogP contribution in [-0.4, -0.2) is 17.9 Å². The molecule has 0 aliphatic heterocycles. The first-order chi connectivity index (χ1) is 11.0. The van der Waals surface area contributed by atoms with E-state index in [-0.39, 0.29) is 5.84 Å². The van der Waals surface area contributed by atoms with Crippen molar-refractivity contribution in [2.45, 2.75) is 26.9 Å². The number of nitrogens with zero attached hydrogens (tertiary/aromatic N) is 1. The highest BCUT2D eigenvalue weighted by molar-refractivity contribution is 5.97. The molecule has 5 nitrogen and oxygen atoms in total. The van der Waals surface area contributed by atoms with Gasteiger partial charge in [-0.1, -0.05) is 41.1 Å². The number of benzene rings is 2. The number of ether oxygens (including phenoxy) is 1. The van der Waals surface area contributed by atoms with Crippen molar-refractivity contribution in [3.63, 3.8) is 0 Å². The normalized spacial score (nSPS) is 12.6.